The minimum absolute atomic E-state index is 0.518. The van der Waals surface area contributed by atoms with E-state index >= 15 is 0 Å². The van der Waals surface area contributed by atoms with Crippen LogP contribution in [0.3, 0.4) is 0 Å². The smallest absolute Gasteiger partial charge is 0.164 e. The third kappa shape index (κ3) is 4.95. The van der Waals surface area contributed by atoms with Gasteiger partial charge in [0, 0.05) is 53.3 Å². The predicted molar refractivity (Wildman–Crippen MR) is 214 cm³/mol. The van der Waals surface area contributed by atoms with Gasteiger partial charge in [-0.1, -0.05) is 115 Å². The number of hydrogen-bond donors (Lipinski definition) is 0. The molecule has 0 saturated heterocycles. The maximum Gasteiger partial charge on any atom is 0.164 e. The number of hydrogen-bond acceptors (Lipinski definition) is 5. The number of aromatic nitrogens is 4. The van der Waals surface area contributed by atoms with Crippen molar-refractivity contribution in [3.63, 3.8) is 0 Å². The molecule has 10 aromatic rings. The third-order valence-corrected chi connectivity index (χ3v) is 10.9. The van der Waals surface area contributed by atoms with Crippen LogP contribution in [-0.4, -0.2) is 19.5 Å². The Morgan fingerprint density at radius 1 is 0.462 bits per heavy atom. The highest BCUT2D eigenvalue weighted by Gasteiger charge is 2.17. The van der Waals surface area contributed by atoms with Crippen LogP contribution in [0.15, 0.2) is 164 Å². The van der Waals surface area contributed by atoms with Crippen LogP contribution in [-0.2, 0) is 0 Å². The monoisotopic (exact) mass is 681 g/mol. The van der Waals surface area contributed by atoms with E-state index in [1.807, 2.05) is 65.9 Å². The highest BCUT2D eigenvalue weighted by atomic mass is 32.1. The van der Waals surface area contributed by atoms with Gasteiger partial charge >= 0.3 is 0 Å². The second kappa shape index (κ2) is 12.1. The average molecular weight is 682 g/mol. The van der Waals surface area contributed by atoms with E-state index in [9.17, 15) is 5.26 Å². The van der Waals surface area contributed by atoms with Gasteiger partial charge in [-0.3, -0.25) is 0 Å². The Bertz CT molecular complexity index is 3040. The first kappa shape index (κ1) is 29.9. The van der Waals surface area contributed by atoms with Crippen LogP contribution in [0.1, 0.15) is 5.56 Å². The number of nitriles is 1. The molecule has 0 bridgehead atoms. The molecule has 52 heavy (non-hydrogen) atoms. The van der Waals surface area contributed by atoms with E-state index in [2.05, 4.69) is 114 Å². The Balaban J connectivity index is 1.14. The minimum atomic E-state index is 0.518. The third-order valence-electron chi connectivity index (χ3n) is 9.67. The molecular weight excluding hydrogens is 655 g/mol. The lowest BCUT2D eigenvalue weighted by atomic mass is 10.0. The molecule has 3 aromatic heterocycles. The summed E-state index contributed by atoms with van der Waals surface area (Å²) in [6.45, 7) is 0. The van der Waals surface area contributed by atoms with Crippen LogP contribution in [0.4, 0.5) is 0 Å². The normalized spacial score (nSPS) is 11.4. The first-order valence-corrected chi connectivity index (χ1v) is 17.9. The number of para-hydroxylation sites is 1. The zero-order chi connectivity index (χ0) is 34.6. The molecule has 0 aliphatic heterocycles. The maximum absolute atomic E-state index is 9.58. The fourth-order valence-electron chi connectivity index (χ4n) is 7.26. The van der Waals surface area contributed by atoms with Gasteiger partial charge in [-0.25, -0.2) is 15.0 Å². The molecule has 0 fully saturated rings. The van der Waals surface area contributed by atoms with Crippen molar-refractivity contribution >= 4 is 53.3 Å². The van der Waals surface area contributed by atoms with E-state index in [1.165, 1.54) is 42.1 Å². The summed E-state index contributed by atoms with van der Waals surface area (Å²) in [5, 5.41) is 14.6. The van der Waals surface area contributed by atoms with Gasteiger partial charge in [-0.15, -0.1) is 11.3 Å². The summed E-state index contributed by atoms with van der Waals surface area (Å²) in [5.74, 6) is 1.66. The summed E-state index contributed by atoms with van der Waals surface area (Å²) in [6.07, 6.45) is 0. The summed E-state index contributed by atoms with van der Waals surface area (Å²) in [5.41, 5.74) is 8.80. The van der Waals surface area contributed by atoms with Crippen molar-refractivity contribution in [3.05, 3.63) is 169 Å². The van der Waals surface area contributed by atoms with Crippen molar-refractivity contribution in [3.8, 4) is 57.0 Å². The molecule has 7 aromatic carbocycles. The quantitative estimate of drug-likeness (QED) is 0.181. The first-order chi connectivity index (χ1) is 25.7. The summed E-state index contributed by atoms with van der Waals surface area (Å²) in [6, 6.07) is 58.7. The molecule has 0 saturated carbocycles. The highest BCUT2D eigenvalue weighted by molar-refractivity contribution is 7.26. The van der Waals surface area contributed by atoms with E-state index < -0.39 is 0 Å². The van der Waals surface area contributed by atoms with Crippen molar-refractivity contribution in [2.75, 3.05) is 0 Å². The molecule has 0 aliphatic carbocycles. The molecule has 5 nitrogen and oxygen atoms in total. The van der Waals surface area contributed by atoms with Crippen molar-refractivity contribution in [2.45, 2.75) is 0 Å². The van der Waals surface area contributed by atoms with Gasteiger partial charge in [-0.05, 0) is 59.7 Å². The molecule has 242 valence electrons. The molecule has 6 heteroatoms. The number of fused-ring (bicyclic) bond motifs is 6. The molecule has 0 unspecified atom stereocenters. The van der Waals surface area contributed by atoms with Gasteiger partial charge in [0.1, 0.15) is 0 Å². The van der Waals surface area contributed by atoms with Crippen LogP contribution in [0, 0.1) is 11.3 Å². The fourth-order valence-corrected chi connectivity index (χ4v) is 8.49. The fraction of sp³-hybridized carbons (Fsp3) is 0. The summed E-state index contributed by atoms with van der Waals surface area (Å²) < 4.78 is 4.94. The second-order valence-corrected chi connectivity index (χ2v) is 13.8. The van der Waals surface area contributed by atoms with E-state index in [1.54, 1.807) is 6.07 Å². The molecular formula is C46H27N5S. The molecule has 0 aliphatic rings. The zero-order valence-corrected chi connectivity index (χ0v) is 28.5. The molecule has 0 radical (unpaired) electrons. The Morgan fingerprint density at radius 3 is 1.92 bits per heavy atom. The lowest BCUT2D eigenvalue weighted by Crippen LogP contribution is -2.01. The van der Waals surface area contributed by atoms with Gasteiger partial charge < -0.3 is 4.57 Å². The Labute approximate surface area is 303 Å². The number of rotatable bonds is 5. The van der Waals surface area contributed by atoms with Gasteiger partial charge in [0.25, 0.3) is 0 Å². The second-order valence-electron chi connectivity index (χ2n) is 12.8. The molecule has 0 atom stereocenters. The first-order valence-electron chi connectivity index (χ1n) is 17.1. The van der Waals surface area contributed by atoms with Crippen LogP contribution in [0.2, 0.25) is 0 Å². The largest absolute Gasteiger partial charge is 0.309 e. The summed E-state index contributed by atoms with van der Waals surface area (Å²) in [4.78, 5) is 14.8. The van der Waals surface area contributed by atoms with Crippen LogP contribution >= 0.6 is 11.3 Å². The van der Waals surface area contributed by atoms with E-state index in [0.717, 1.165) is 33.4 Å². The van der Waals surface area contributed by atoms with Crippen molar-refractivity contribution < 1.29 is 0 Å². The summed E-state index contributed by atoms with van der Waals surface area (Å²) >= 11 is 1.86. The Kier molecular flexibility index (Phi) is 6.98. The van der Waals surface area contributed by atoms with Crippen molar-refractivity contribution in [1.29, 1.82) is 5.26 Å². The zero-order valence-electron chi connectivity index (χ0n) is 27.7. The SMILES string of the molecule is N#Cc1cccc(-c2nc(-c3ccccc3)nc(-c3cccc(-n4c5ccccc5c5cc(-c6cccc7c6sc6ccccc67)ccc54)c3)n2)c1. The number of thiophene rings is 1. The number of nitrogens with zero attached hydrogens (tertiary/aromatic N) is 5. The van der Waals surface area contributed by atoms with Gasteiger partial charge in [0.15, 0.2) is 17.5 Å². The molecule has 0 N–H and O–H groups in total. The van der Waals surface area contributed by atoms with Gasteiger partial charge in [0.2, 0.25) is 0 Å². The lowest BCUT2D eigenvalue weighted by molar-refractivity contribution is 1.07. The predicted octanol–water partition coefficient (Wildman–Crippen LogP) is 11.9. The Morgan fingerprint density at radius 2 is 1.10 bits per heavy atom. The maximum atomic E-state index is 9.58. The molecule has 0 amide bonds. The van der Waals surface area contributed by atoms with Gasteiger partial charge in [-0.2, -0.15) is 5.26 Å². The summed E-state index contributed by atoms with van der Waals surface area (Å²) in [7, 11) is 0. The van der Waals surface area contributed by atoms with Crippen LogP contribution in [0.5, 0.6) is 0 Å². The standard InChI is InChI=1S/C46H27N5S/c47-28-29-11-8-14-32(25-29)45-48-44(30-12-2-1-3-13-30)49-46(50-45)33-15-9-16-34(26-33)51-40-21-6-4-17-36(40)39-27-31(23-24-41(39)51)35-19-10-20-38-37-18-5-7-22-42(37)52-43(35)38/h1-27H. The minimum Gasteiger partial charge on any atom is -0.309 e. The van der Waals surface area contributed by atoms with E-state index in [-0.39, 0.29) is 0 Å². The van der Waals surface area contributed by atoms with Crippen molar-refractivity contribution in [1.82, 2.24) is 19.5 Å². The van der Waals surface area contributed by atoms with Crippen molar-refractivity contribution in [2.24, 2.45) is 0 Å². The lowest BCUT2D eigenvalue weighted by Gasteiger charge is -2.12. The van der Waals surface area contributed by atoms with Crippen LogP contribution in [0.25, 0.3) is 93.0 Å². The highest BCUT2D eigenvalue weighted by Crippen LogP contribution is 2.42. The average Bonchev–Trinajstić information content (AvgIpc) is 3.77. The number of benzene rings is 7. The topological polar surface area (TPSA) is 67.4 Å². The van der Waals surface area contributed by atoms with Crippen LogP contribution < -0.4 is 0 Å². The molecule has 3 heterocycles. The van der Waals surface area contributed by atoms with E-state index in [4.69, 9.17) is 15.0 Å². The van der Waals surface area contributed by atoms with Gasteiger partial charge in [0.05, 0.1) is 22.7 Å². The molecule has 0 spiro atoms. The molecule has 10 rings (SSSR count). The van der Waals surface area contributed by atoms with E-state index in [0.29, 0.717) is 23.0 Å². The Hall–Kier alpha value is -6.94.